The number of carbonyl (C=O) groups excluding carboxylic acids is 1. The van der Waals surface area contributed by atoms with Crippen molar-refractivity contribution in [3.63, 3.8) is 0 Å². The number of dihydropyridines is 1. The second-order valence-electron chi connectivity index (χ2n) is 10.8. The highest BCUT2D eigenvalue weighted by molar-refractivity contribution is 5.88. The van der Waals surface area contributed by atoms with Crippen LogP contribution >= 0.6 is 0 Å². The van der Waals surface area contributed by atoms with Crippen molar-refractivity contribution in [2.24, 2.45) is 11.7 Å². The molecular formula is C30H36N2O6. The molecule has 5 rings (SSSR count). The van der Waals surface area contributed by atoms with Gasteiger partial charge in [0.25, 0.3) is 0 Å². The summed E-state index contributed by atoms with van der Waals surface area (Å²) in [5, 5.41) is 13.1. The van der Waals surface area contributed by atoms with Gasteiger partial charge in [0.15, 0.2) is 5.60 Å². The van der Waals surface area contributed by atoms with Gasteiger partial charge in [-0.1, -0.05) is 12.2 Å². The average molecular weight is 521 g/mol. The van der Waals surface area contributed by atoms with Gasteiger partial charge in [0.05, 0.1) is 5.82 Å². The summed E-state index contributed by atoms with van der Waals surface area (Å²) in [5.41, 5.74) is 7.55. The Kier molecular flexibility index (Phi) is 6.86. The molecule has 3 unspecified atom stereocenters. The fourth-order valence-electron chi connectivity index (χ4n) is 6.17. The number of aryl methyl sites for hydroxylation is 1. The molecule has 0 amide bonds. The number of hydrogen-bond acceptors (Lipinski definition) is 8. The number of esters is 1. The monoisotopic (exact) mass is 520 g/mol. The Morgan fingerprint density at radius 1 is 1.34 bits per heavy atom. The van der Waals surface area contributed by atoms with Crippen molar-refractivity contribution >= 4 is 16.9 Å². The molecule has 1 fully saturated rings. The van der Waals surface area contributed by atoms with Gasteiger partial charge in [-0.3, -0.25) is 0 Å². The van der Waals surface area contributed by atoms with E-state index in [2.05, 4.69) is 11.4 Å². The van der Waals surface area contributed by atoms with Gasteiger partial charge in [-0.25, -0.2) is 9.59 Å². The van der Waals surface area contributed by atoms with E-state index in [1.807, 2.05) is 32.1 Å². The summed E-state index contributed by atoms with van der Waals surface area (Å²) in [6.07, 6.45) is 9.70. The van der Waals surface area contributed by atoms with Gasteiger partial charge in [0.1, 0.15) is 16.9 Å². The van der Waals surface area contributed by atoms with Gasteiger partial charge < -0.3 is 30.0 Å². The number of nitrogens with one attached hydrogen (secondary N) is 1. The Hall–Kier alpha value is -3.52. The van der Waals surface area contributed by atoms with Crippen LogP contribution < -0.4 is 21.4 Å². The number of rotatable bonds is 6. The molecule has 1 saturated carbocycles. The molecular weight excluding hydrogens is 484 g/mol. The van der Waals surface area contributed by atoms with Crippen LogP contribution in [0.4, 0.5) is 0 Å². The molecule has 3 atom stereocenters. The molecule has 2 aliphatic heterocycles. The number of carbonyl (C=O) groups is 1. The summed E-state index contributed by atoms with van der Waals surface area (Å²) in [6, 6.07) is 5.63. The lowest BCUT2D eigenvalue weighted by Crippen LogP contribution is -2.64. The number of hydrogen-bond donors (Lipinski definition) is 3. The van der Waals surface area contributed by atoms with Crippen molar-refractivity contribution in [2.75, 3.05) is 13.2 Å². The highest BCUT2D eigenvalue weighted by atomic mass is 16.6. The van der Waals surface area contributed by atoms with Crippen LogP contribution in [0.3, 0.4) is 0 Å². The van der Waals surface area contributed by atoms with Crippen molar-refractivity contribution in [3.05, 3.63) is 74.9 Å². The molecule has 2 aromatic rings. The first kappa shape index (κ1) is 26.1. The van der Waals surface area contributed by atoms with E-state index in [0.29, 0.717) is 60.5 Å². The number of aliphatic hydroxyl groups is 1. The summed E-state index contributed by atoms with van der Waals surface area (Å²) in [4.78, 5) is 25.6. The van der Waals surface area contributed by atoms with Crippen LogP contribution in [0.1, 0.15) is 57.6 Å². The molecule has 0 saturated heterocycles. The maximum atomic E-state index is 13.1. The predicted molar refractivity (Wildman–Crippen MR) is 145 cm³/mol. The first-order chi connectivity index (χ1) is 18.2. The average Bonchev–Trinajstić information content (AvgIpc) is 3.26. The quantitative estimate of drug-likeness (QED) is 0.299. The van der Waals surface area contributed by atoms with E-state index in [0.717, 1.165) is 29.4 Å². The largest absolute Gasteiger partial charge is 0.482 e. The predicted octanol–water partition coefficient (Wildman–Crippen LogP) is 3.79. The Labute approximate surface area is 222 Å². The molecule has 0 radical (unpaired) electrons. The first-order valence-corrected chi connectivity index (χ1v) is 13.4. The lowest BCUT2D eigenvalue weighted by molar-refractivity contribution is -0.198. The third kappa shape index (κ3) is 4.41. The maximum absolute atomic E-state index is 13.1. The van der Waals surface area contributed by atoms with Gasteiger partial charge in [0.2, 0.25) is 0 Å². The number of aliphatic hydroxyl groups excluding tert-OH is 1. The second kappa shape index (κ2) is 9.98. The Balaban J connectivity index is 1.61. The van der Waals surface area contributed by atoms with Crippen molar-refractivity contribution in [2.45, 2.75) is 70.5 Å². The van der Waals surface area contributed by atoms with Gasteiger partial charge in [0, 0.05) is 48.1 Å². The molecule has 8 heteroatoms. The van der Waals surface area contributed by atoms with Crippen LogP contribution in [0.2, 0.25) is 0 Å². The third-order valence-corrected chi connectivity index (χ3v) is 8.38. The third-order valence-electron chi connectivity index (χ3n) is 8.38. The second-order valence-corrected chi connectivity index (χ2v) is 10.8. The van der Waals surface area contributed by atoms with E-state index >= 15 is 0 Å². The summed E-state index contributed by atoms with van der Waals surface area (Å²) >= 11 is 0. The molecule has 0 bridgehead atoms. The van der Waals surface area contributed by atoms with Gasteiger partial charge in [-0.05, 0) is 82.2 Å². The van der Waals surface area contributed by atoms with Crippen molar-refractivity contribution in [1.29, 1.82) is 0 Å². The molecule has 3 heterocycles. The highest BCUT2D eigenvalue weighted by Gasteiger charge is 2.63. The molecule has 202 valence electrons. The molecule has 1 aliphatic carbocycles. The molecule has 1 spiro atoms. The Morgan fingerprint density at radius 3 is 2.89 bits per heavy atom. The van der Waals surface area contributed by atoms with Gasteiger partial charge in [-0.2, -0.15) is 0 Å². The number of benzene rings is 1. The zero-order valence-electron chi connectivity index (χ0n) is 22.3. The number of nitrogens with two attached hydrogens (primary N) is 1. The van der Waals surface area contributed by atoms with Crippen LogP contribution in [-0.2, 0) is 22.4 Å². The number of fused-ring (bicyclic) bond motifs is 2. The molecule has 1 aromatic heterocycles. The zero-order valence-corrected chi connectivity index (χ0v) is 22.3. The lowest BCUT2D eigenvalue weighted by Gasteiger charge is -2.53. The SMILES string of the molecule is CC=C(C)C(=O)OC1(C)CCCC(C2=CCNC(N)=C2)C12Cc1cc3cc(CCCO)c(=O)oc3cc1O2. The summed E-state index contributed by atoms with van der Waals surface area (Å²) in [7, 11) is 0. The highest BCUT2D eigenvalue weighted by Crippen LogP contribution is 2.55. The van der Waals surface area contributed by atoms with Gasteiger partial charge in [-0.15, -0.1) is 0 Å². The first-order valence-electron chi connectivity index (χ1n) is 13.4. The minimum atomic E-state index is -0.913. The fraction of sp³-hybridized carbons (Fsp3) is 0.467. The standard InChI is InChI=1S/C30H36N2O6/c1-4-18(2)27(34)38-29(3)10-5-8-23(19-9-11-32-26(31)15-19)30(29)17-22-14-21-13-20(7-6-12-33)28(35)36-24(21)16-25(22)37-30/h4,9,13-16,23,32-33H,5-8,10-12,17,31H2,1-3H3. The van der Waals surface area contributed by atoms with E-state index in [1.54, 1.807) is 19.1 Å². The molecule has 4 N–H and O–H groups in total. The van der Waals surface area contributed by atoms with E-state index in [4.69, 9.17) is 19.6 Å². The topological polar surface area (TPSA) is 124 Å². The van der Waals surface area contributed by atoms with Crippen LogP contribution in [0, 0.1) is 5.92 Å². The van der Waals surface area contributed by atoms with Crippen molar-refractivity contribution in [3.8, 4) is 5.75 Å². The Morgan fingerprint density at radius 2 is 2.16 bits per heavy atom. The minimum Gasteiger partial charge on any atom is -0.482 e. The number of ether oxygens (including phenoxy) is 2. The summed E-state index contributed by atoms with van der Waals surface area (Å²) in [5.74, 6) is 0.814. The molecule has 38 heavy (non-hydrogen) atoms. The van der Waals surface area contributed by atoms with Crippen molar-refractivity contribution < 1.29 is 23.8 Å². The molecule has 1 aromatic carbocycles. The van der Waals surface area contributed by atoms with Crippen molar-refractivity contribution in [1.82, 2.24) is 5.32 Å². The normalized spacial score (nSPS) is 26.8. The summed E-state index contributed by atoms with van der Waals surface area (Å²) < 4.78 is 18.8. The van der Waals surface area contributed by atoms with E-state index < -0.39 is 16.8 Å². The van der Waals surface area contributed by atoms with Crippen LogP contribution in [-0.4, -0.2) is 35.4 Å². The number of allylic oxidation sites excluding steroid dienone is 2. The van der Waals surface area contributed by atoms with E-state index in [9.17, 15) is 14.7 Å². The zero-order chi connectivity index (χ0) is 27.1. The summed E-state index contributed by atoms with van der Waals surface area (Å²) in [6.45, 7) is 6.19. The maximum Gasteiger partial charge on any atom is 0.339 e. The molecule has 3 aliphatic rings. The van der Waals surface area contributed by atoms with Crippen LogP contribution in [0.25, 0.3) is 11.0 Å². The van der Waals surface area contributed by atoms with Gasteiger partial charge >= 0.3 is 11.6 Å². The van der Waals surface area contributed by atoms with Crippen LogP contribution in [0.5, 0.6) is 5.75 Å². The van der Waals surface area contributed by atoms with Crippen LogP contribution in [0.15, 0.2) is 62.6 Å². The van der Waals surface area contributed by atoms with E-state index in [-0.39, 0.29) is 18.5 Å². The fourth-order valence-corrected chi connectivity index (χ4v) is 6.17. The Bertz CT molecular complexity index is 1420. The smallest absolute Gasteiger partial charge is 0.339 e. The van der Waals surface area contributed by atoms with E-state index in [1.165, 1.54) is 0 Å². The minimum absolute atomic E-state index is 0.00768. The molecule has 8 nitrogen and oxygen atoms in total. The lowest BCUT2D eigenvalue weighted by atomic mass is 9.61.